The molecule has 0 aliphatic rings. The Morgan fingerprint density at radius 2 is 0.896 bits per heavy atom. The van der Waals surface area contributed by atoms with E-state index in [-0.39, 0.29) is 25.2 Å². The van der Waals surface area contributed by atoms with Gasteiger partial charge >= 0.3 is 11.9 Å². The van der Waals surface area contributed by atoms with Gasteiger partial charge in [0.2, 0.25) is 0 Å². The molecule has 5 nitrogen and oxygen atoms in total. The van der Waals surface area contributed by atoms with Crippen molar-refractivity contribution in [2.24, 2.45) is 0 Å². The van der Waals surface area contributed by atoms with Gasteiger partial charge in [-0.1, -0.05) is 164 Å². The van der Waals surface area contributed by atoms with Gasteiger partial charge in [-0.25, -0.2) is 0 Å². The lowest BCUT2D eigenvalue weighted by molar-refractivity contribution is -0.161. The smallest absolute Gasteiger partial charge is 0.306 e. The number of unbranched alkanes of at least 4 members (excludes halogenated alkanes) is 14. The van der Waals surface area contributed by atoms with Crippen molar-refractivity contribution in [1.29, 1.82) is 0 Å². The summed E-state index contributed by atoms with van der Waals surface area (Å²) in [5, 5.41) is 9.46. The van der Waals surface area contributed by atoms with Crippen LogP contribution in [0, 0.1) is 0 Å². The van der Waals surface area contributed by atoms with E-state index in [1.165, 1.54) is 64.2 Å². The molecule has 0 rings (SSSR count). The number of allylic oxidation sites excluding steroid dienone is 12. The molecule has 1 atom stereocenters. The van der Waals surface area contributed by atoms with Crippen LogP contribution in [0.5, 0.6) is 0 Å². The summed E-state index contributed by atoms with van der Waals surface area (Å²) >= 11 is 0. The topological polar surface area (TPSA) is 72.8 Å². The van der Waals surface area contributed by atoms with E-state index in [1.807, 2.05) is 0 Å². The van der Waals surface area contributed by atoms with Gasteiger partial charge in [0.15, 0.2) is 6.10 Å². The van der Waals surface area contributed by atoms with Crippen molar-refractivity contribution < 1.29 is 24.2 Å². The number of hydrogen-bond acceptors (Lipinski definition) is 5. The molecule has 0 spiro atoms. The van der Waals surface area contributed by atoms with Crippen LogP contribution in [0.15, 0.2) is 72.9 Å². The van der Waals surface area contributed by atoms with E-state index in [0.717, 1.165) is 77.0 Å². The second-order valence-electron chi connectivity index (χ2n) is 12.6. The molecule has 0 fully saturated rings. The molecule has 0 aliphatic carbocycles. The van der Waals surface area contributed by atoms with Crippen molar-refractivity contribution in [3.8, 4) is 0 Å². The number of carbonyl (C=O) groups excluding carboxylic acids is 2. The van der Waals surface area contributed by atoms with Crippen LogP contribution in [0.1, 0.15) is 168 Å². The molecule has 274 valence electrons. The van der Waals surface area contributed by atoms with Crippen LogP contribution < -0.4 is 0 Å². The predicted octanol–water partition coefficient (Wildman–Crippen LogP) is 12.2. The van der Waals surface area contributed by atoms with E-state index in [0.29, 0.717) is 12.8 Å². The highest BCUT2D eigenvalue weighted by atomic mass is 16.6. The Kier molecular flexibility index (Phi) is 36.6. The summed E-state index contributed by atoms with van der Waals surface area (Å²) in [5.41, 5.74) is 0. The highest BCUT2D eigenvalue weighted by molar-refractivity contribution is 5.70. The molecule has 0 aromatic heterocycles. The van der Waals surface area contributed by atoms with E-state index in [2.05, 4.69) is 86.8 Å². The number of carbonyl (C=O) groups is 2. The standard InChI is InChI=1S/C43H72O5/c1-3-5-7-9-10-11-12-13-14-15-16-17-18-19-20-21-22-23-24-25-26-27-28-29-30-31-32-34-36-38-43(46)48-41(39-44)40-47-42(45)37-35-33-8-6-4-2/h5,7,10-11,13-14,16-17,19-20,22-23,41,44H,3-4,6,8-9,12,15,18,21,24-40H2,1-2H3/b7-5-,11-10-,14-13-,17-16-,20-19-,23-22-. The average Bonchev–Trinajstić information content (AvgIpc) is 3.09. The number of esters is 2. The third kappa shape index (κ3) is 36.2. The summed E-state index contributed by atoms with van der Waals surface area (Å²) < 4.78 is 10.5. The molecule has 1 unspecified atom stereocenters. The maximum Gasteiger partial charge on any atom is 0.306 e. The minimum Gasteiger partial charge on any atom is -0.462 e. The van der Waals surface area contributed by atoms with Gasteiger partial charge in [-0.05, 0) is 64.2 Å². The highest BCUT2D eigenvalue weighted by Gasteiger charge is 2.16. The Hall–Kier alpha value is -2.66. The predicted molar refractivity (Wildman–Crippen MR) is 205 cm³/mol. The average molecular weight is 669 g/mol. The Morgan fingerprint density at radius 3 is 1.35 bits per heavy atom. The molecule has 0 aromatic carbocycles. The molecular formula is C43H72O5. The van der Waals surface area contributed by atoms with E-state index >= 15 is 0 Å². The molecule has 5 heteroatoms. The fourth-order valence-electron chi connectivity index (χ4n) is 5.09. The van der Waals surface area contributed by atoms with Crippen LogP contribution in [0.3, 0.4) is 0 Å². The van der Waals surface area contributed by atoms with Gasteiger partial charge in [-0.3, -0.25) is 9.59 Å². The number of hydrogen-bond donors (Lipinski definition) is 1. The Balaban J connectivity index is 3.53. The van der Waals surface area contributed by atoms with Crippen LogP contribution in [0.2, 0.25) is 0 Å². The summed E-state index contributed by atoms with van der Waals surface area (Å²) in [4.78, 5) is 23.9. The number of aliphatic hydroxyl groups excluding tert-OH is 1. The summed E-state index contributed by atoms with van der Waals surface area (Å²) in [6.07, 6.45) is 51.5. The third-order valence-corrected chi connectivity index (χ3v) is 8.01. The molecular weight excluding hydrogens is 596 g/mol. The first-order valence-electron chi connectivity index (χ1n) is 19.5. The fraction of sp³-hybridized carbons (Fsp3) is 0.674. The Bertz CT molecular complexity index is 895. The zero-order valence-electron chi connectivity index (χ0n) is 31.0. The number of ether oxygens (including phenoxy) is 2. The van der Waals surface area contributed by atoms with E-state index in [1.54, 1.807) is 0 Å². The zero-order chi connectivity index (χ0) is 35.0. The van der Waals surface area contributed by atoms with Gasteiger partial charge in [0.25, 0.3) is 0 Å². The first kappa shape index (κ1) is 45.3. The summed E-state index contributed by atoms with van der Waals surface area (Å²) in [6, 6.07) is 0. The molecule has 0 saturated carbocycles. The summed E-state index contributed by atoms with van der Waals surface area (Å²) in [6.45, 7) is 3.91. The van der Waals surface area contributed by atoms with E-state index in [9.17, 15) is 14.7 Å². The van der Waals surface area contributed by atoms with Gasteiger partial charge < -0.3 is 14.6 Å². The van der Waals surface area contributed by atoms with Gasteiger partial charge in [-0.2, -0.15) is 0 Å². The van der Waals surface area contributed by atoms with Crippen molar-refractivity contribution >= 4 is 11.9 Å². The second-order valence-corrected chi connectivity index (χ2v) is 12.6. The SMILES string of the molecule is CC/C=C\C/C=C\C/C=C\C/C=C\C/C=C\C/C=C\CCCCCCCCCCCCC(=O)OC(CO)COC(=O)CCCCCCC. The monoisotopic (exact) mass is 669 g/mol. The summed E-state index contributed by atoms with van der Waals surface area (Å²) in [5.74, 6) is -0.615. The van der Waals surface area contributed by atoms with Crippen molar-refractivity contribution in [3.63, 3.8) is 0 Å². The Labute approximate surface area is 295 Å². The van der Waals surface area contributed by atoms with Gasteiger partial charge in [-0.15, -0.1) is 0 Å². The molecule has 1 N–H and O–H groups in total. The molecule has 0 heterocycles. The summed E-state index contributed by atoms with van der Waals surface area (Å²) in [7, 11) is 0. The van der Waals surface area contributed by atoms with Crippen molar-refractivity contribution in [1.82, 2.24) is 0 Å². The van der Waals surface area contributed by atoms with Crippen LogP contribution in [-0.2, 0) is 19.1 Å². The third-order valence-electron chi connectivity index (χ3n) is 8.01. The van der Waals surface area contributed by atoms with Crippen LogP contribution in [0.4, 0.5) is 0 Å². The maximum absolute atomic E-state index is 12.1. The number of aliphatic hydroxyl groups is 1. The second kappa shape index (κ2) is 38.8. The lowest BCUT2D eigenvalue weighted by Gasteiger charge is -2.15. The minimum atomic E-state index is -0.771. The molecule has 0 radical (unpaired) electrons. The quantitative estimate of drug-likeness (QED) is 0.0420. The van der Waals surface area contributed by atoms with E-state index < -0.39 is 6.10 Å². The normalized spacial score (nSPS) is 13.0. The van der Waals surface area contributed by atoms with Crippen LogP contribution in [0.25, 0.3) is 0 Å². The molecule has 0 amide bonds. The molecule has 0 aliphatic heterocycles. The molecule has 0 bridgehead atoms. The van der Waals surface area contributed by atoms with Gasteiger partial charge in [0.05, 0.1) is 6.61 Å². The van der Waals surface area contributed by atoms with Gasteiger partial charge in [0.1, 0.15) is 6.61 Å². The minimum absolute atomic E-state index is 0.0709. The maximum atomic E-state index is 12.1. The zero-order valence-corrected chi connectivity index (χ0v) is 31.0. The largest absolute Gasteiger partial charge is 0.462 e. The van der Waals surface area contributed by atoms with Crippen molar-refractivity contribution in [2.45, 2.75) is 174 Å². The molecule has 0 aromatic rings. The van der Waals surface area contributed by atoms with E-state index in [4.69, 9.17) is 9.47 Å². The first-order chi connectivity index (χ1) is 23.6. The fourth-order valence-corrected chi connectivity index (χ4v) is 5.09. The van der Waals surface area contributed by atoms with Crippen LogP contribution in [-0.4, -0.2) is 36.4 Å². The lowest BCUT2D eigenvalue weighted by Crippen LogP contribution is -2.28. The van der Waals surface area contributed by atoms with Gasteiger partial charge in [0, 0.05) is 12.8 Å². The highest BCUT2D eigenvalue weighted by Crippen LogP contribution is 2.13. The number of rotatable bonds is 34. The Morgan fingerprint density at radius 1 is 0.500 bits per heavy atom. The van der Waals surface area contributed by atoms with Crippen molar-refractivity contribution in [3.05, 3.63) is 72.9 Å². The van der Waals surface area contributed by atoms with Crippen LogP contribution >= 0.6 is 0 Å². The first-order valence-corrected chi connectivity index (χ1v) is 19.5. The van der Waals surface area contributed by atoms with Crippen molar-refractivity contribution in [2.75, 3.05) is 13.2 Å². The molecule has 48 heavy (non-hydrogen) atoms. The molecule has 0 saturated heterocycles. The lowest BCUT2D eigenvalue weighted by atomic mass is 10.0.